The van der Waals surface area contributed by atoms with Crippen LogP contribution in [0.5, 0.6) is 5.75 Å². The number of imidazole rings is 1. The van der Waals surface area contributed by atoms with Crippen LogP contribution in [0.1, 0.15) is 75.6 Å². The lowest BCUT2D eigenvalue weighted by Crippen LogP contribution is -2.60. The van der Waals surface area contributed by atoms with Gasteiger partial charge in [0.25, 0.3) is 0 Å². The number of aromatic hydroxyl groups is 1. The van der Waals surface area contributed by atoms with Crippen molar-refractivity contribution in [2.45, 2.75) is 126 Å². The number of nitrogens with zero attached hydrogens (tertiary/aromatic N) is 3. The molecule has 4 aromatic rings. The third-order valence-electron chi connectivity index (χ3n) is 14.1. The van der Waals surface area contributed by atoms with Crippen LogP contribution in [-0.2, 0) is 72.0 Å². The van der Waals surface area contributed by atoms with Crippen molar-refractivity contribution in [3.63, 3.8) is 0 Å². The number of aliphatic hydroxyl groups is 1. The summed E-state index contributed by atoms with van der Waals surface area (Å²) in [7, 11) is 0. The Bertz CT molecular complexity index is 3060. The van der Waals surface area contributed by atoms with E-state index in [9.17, 15) is 63.0 Å². The number of H-pyrrole nitrogens is 2. The number of hydrogen-bond donors (Lipinski definition) is 16. The van der Waals surface area contributed by atoms with E-state index in [4.69, 9.17) is 16.6 Å². The summed E-state index contributed by atoms with van der Waals surface area (Å²) in [5.74, 6) is -9.55. The highest BCUT2D eigenvalue weighted by molar-refractivity contribution is 5.99. The molecule has 18 N–H and O–H groups in total. The van der Waals surface area contributed by atoms with Crippen molar-refractivity contribution in [2.24, 2.45) is 22.4 Å². The number of aliphatic hydroxyl groups excluding tert-OH is 1. The molecule has 0 radical (unpaired) electrons. The number of aromatic amines is 2. The second-order valence-electron chi connectivity index (χ2n) is 21.1. The van der Waals surface area contributed by atoms with E-state index in [0.717, 1.165) is 0 Å². The molecule has 2 aromatic heterocycles. The number of phenols is 1. The number of aromatic nitrogens is 3. The topological polar surface area (TPSA) is 469 Å². The van der Waals surface area contributed by atoms with Crippen molar-refractivity contribution in [1.82, 2.24) is 67.7 Å². The summed E-state index contributed by atoms with van der Waals surface area (Å²) in [5.41, 5.74) is 13.1. The highest BCUT2D eigenvalue weighted by atomic mass is 16.4. The maximum absolute atomic E-state index is 14.4. The average molecular weight is 1180 g/mol. The molecule has 4 heterocycles. The number of nitrogens with one attached hydrogen (secondary N) is 11. The Morgan fingerprint density at radius 3 is 2.05 bits per heavy atom. The van der Waals surface area contributed by atoms with Gasteiger partial charge in [-0.2, -0.15) is 0 Å². The lowest BCUT2D eigenvalue weighted by molar-refractivity contribution is -0.143. The largest absolute Gasteiger partial charge is 0.508 e. The van der Waals surface area contributed by atoms with E-state index in [1.807, 2.05) is 0 Å². The molecule has 85 heavy (non-hydrogen) atoms. The lowest BCUT2D eigenvalue weighted by atomic mass is 10.0. The molecule has 30 heteroatoms. The van der Waals surface area contributed by atoms with Gasteiger partial charge >= 0.3 is 5.97 Å². The number of para-hydroxylation sites is 1. The van der Waals surface area contributed by atoms with Crippen molar-refractivity contribution >= 4 is 81.9 Å². The van der Waals surface area contributed by atoms with Crippen molar-refractivity contribution in [3.8, 4) is 5.75 Å². The van der Waals surface area contributed by atoms with E-state index >= 15 is 0 Å². The molecular formula is C55H74N16O14. The third kappa shape index (κ3) is 19.5. The molecule has 10 amide bonds. The van der Waals surface area contributed by atoms with E-state index in [1.165, 1.54) is 41.7 Å². The molecule has 0 aliphatic carbocycles. The Morgan fingerprint density at radius 2 is 1.40 bits per heavy atom. The molecule has 8 unspecified atom stereocenters. The zero-order valence-electron chi connectivity index (χ0n) is 47.0. The number of hydrogen-bond acceptors (Lipinski definition) is 15. The third-order valence-corrected chi connectivity index (χ3v) is 14.1. The highest BCUT2D eigenvalue weighted by Crippen LogP contribution is 2.22. The SMILES string of the molecule is CC(C)CC(NC(=O)CNC(=O)C(Cc1ccc(O)cc1)NC(=O)C(CO)NC(=O)C(Cc1c[nH]c2ccccc12)NC(=O)C(Cc1cnc[nH]1)NC(=O)C1CCC(=O)N1)C(=O)NC(CCCN=C(N)N)C(=O)N1CCCC1C(=O)NCC(=O)O. The fourth-order valence-electron chi connectivity index (χ4n) is 9.78. The van der Waals surface area contributed by atoms with E-state index < -0.39 is 127 Å². The number of phenolic OH excluding ortho intramolecular Hbond substituents is 1. The number of likely N-dealkylation sites (tertiary alicyclic amines) is 1. The normalized spacial score (nSPS) is 16.8. The maximum atomic E-state index is 14.4. The Balaban J connectivity index is 1.16. The van der Waals surface area contributed by atoms with Crippen LogP contribution >= 0.6 is 0 Å². The number of carbonyl (C=O) groups is 11. The van der Waals surface area contributed by atoms with Crippen molar-refractivity contribution in [1.29, 1.82) is 0 Å². The summed E-state index contributed by atoms with van der Waals surface area (Å²) in [6, 6.07) is 2.23. The summed E-state index contributed by atoms with van der Waals surface area (Å²) in [6.45, 7) is 1.32. The second-order valence-corrected chi connectivity index (χ2v) is 21.1. The van der Waals surface area contributed by atoms with Crippen molar-refractivity contribution in [2.75, 3.05) is 32.8 Å². The predicted octanol–water partition coefficient (Wildman–Crippen LogP) is -3.79. The van der Waals surface area contributed by atoms with Crippen LogP contribution in [0.25, 0.3) is 10.9 Å². The fourth-order valence-corrected chi connectivity index (χ4v) is 9.78. The van der Waals surface area contributed by atoms with E-state index in [1.54, 1.807) is 44.3 Å². The first-order chi connectivity index (χ1) is 40.6. The quantitative estimate of drug-likeness (QED) is 0.0131. The van der Waals surface area contributed by atoms with Gasteiger partial charge < -0.3 is 89.5 Å². The number of aliphatic imine (C=N–C) groups is 1. The minimum absolute atomic E-state index is 0.00443. The number of rotatable bonds is 31. The summed E-state index contributed by atoms with van der Waals surface area (Å²) in [4.78, 5) is 163. The molecule has 2 aliphatic rings. The monoisotopic (exact) mass is 1180 g/mol. The Labute approximate surface area is 487 Å². The van der Waals surface area contributed by atoms with Gasteiger partial charge in [-0.15, -0.1) is 0 Å². The van der Waals surface area contributed by atoms with Gasteiger partial charge in [-0.1, -0.05) is 44.2 Å². The van der Waals surface area contributed by atoms with Crippen LogP contribution in [0.3, 0.4) is 0 Å². The van der Waals surface area contributed by atoms with Gasteiger partial charge in [0.15, 0.2) is 5.96 Å². The first kappa shape index (κ1) is 64.6. The molecule has 0 spiro atoms. The Hall–Kier alpha value is -9.61. The molecule has 2 saturated heterocycles. The van der Waals surface area contributed by atoms with Crippen molar-refractivity contribution in [3.05, 3.63) is 84.1 Å². The molecule has 8 atom stereocenters. The molecular weight excluding hydrogens is 1110 g/mol. The number of aliphatic carboxylic acids is 1. The molecule has 2 aliphatic heterocycles. The number of amides is 10. The number of carboxylic acids is 1. The van der Waals surface area contributed by atoms with Gasteiger partial charge in [-0.05, 0) is 73.8 Å². The van der Waals surface area contributed by atoms with Gasteiger partial charge in [-0.25, -0.2) is 4.98 Å². The minimum atomic E-state index is -1.76. The van der Waals surface area contributed by atoms with Gasteiger partial charge in [0.05, 0.1) is 19.5 Å². The number of fused-ring (bicyclic) bond motifs is 1. The first-order valence-electron chi connectivity index (χ1n) is 27.7. The zero-order valence-corrected chi connectivity index (χ0v) is 47.0. The summed E-state index contributed by atoms with van der Waals surface area (Å²) in [6.07, 6.45) is 5.10. The van der Waals surface area contributed by atoms with Gasteiger partial charge in [0.1, 0.15) is 60.6 Å². The number of nitrogens with two attached hydrogens (primary N) is 2. The van der Waals surface area contributed by atoms with Crippen molar-refractivity contribution < 1.29 is 68.1 Å². The van der Waals surface area contributed by atoms with Gasteiger partial charge in [-0.3, -0.25) is 57.7 Å². The fraction of sp³-hybridized carbons (Fsp3) is 0.473. The highest BCUT2D eigenvalue weighted by Gasteiger charge is 2.39. The molecule has 30 nitrogen and oxygen atoms in total. The summed E-state index contributed by atoms with van der Waals surface area (Å²) in [5, 5.41) is 53.4. The van der Waals surface area contributed by atoms with Crippen LogP contribution in [0.15, 0.2) is 72.2 Å². The molecule has 0 saturated carbocycles. The second kappa shape index (κ2) is 31.2. The summed E-state index contributed by atoms with van der Waals surface area (Å²) < 4.78 is 0. The Morgan fingerprint density at radius 1 is 0.741 bits per heavy atom. The average Bonchev–Trinajstić information content (AvgIpc) is 4.32. The van der Waals surface area contributed by atoms with Crippen LogP contribution < -0.4 is 59.3 Å². The molecule has 2 fully saturated rings. The van der Waals surface area contributed by atoms with E-state index in [-0.39, 0.29) is 94.4 Å². The zero-order chi connectivity index (χ0) is 61.7. The molecule has 2 aromatic carbocycles. The van der Waals surface area contributed by atoms with Crippen LogP contribution in [0.4, 0.5) is 0 Å². The first-order valence-corrected chi connectivity index (χ1v) is 27.7. The van der Waals surface area contributed by atoms with Crippen LogP contribution in [0.2, 0.25) is 0 Å². The minimum Gasteiger partial charge on any atom is -0.508 e. The Kier molecular flexibility index (Phi) is 23.7. The number of carboxylic acid groups (broad SMARTS) is 1. The molecule has 458 valence electrons. The smallest absolute Gasteiger partial charge is 0.322 e. The number of benzene rings is 2. The molecule has 6 rings (SSSR count). The van der Waals surface area contributed by atoms with Crippen LogP contribution in [0, 0.1) is 5.92 Å². The number of guanidine groups is 1. The number of carbonyl (C=O) groups excluding carboxylic acids is 10. The predicted molar refractivity (Wildman–Crippen MR) is 304 cm³/mol. The lowest BCUT2D eigenvalue weighted by Gasteiger charge is -2.30. The van der Waals surface area contributed by atoms with E-state index in [0.29, 0.717) is 34.1 Å². The van der Waals surface area contributed by atoms with Gasteiger partial charge in [0.2, 0.25) is 59.1 Å². The van der Waals surface area contributed by atoms with E-state index in [2.05, 4.69) is 67.8 Å². The van der Waals surface area contributed by atoms with Crippen LogP contribution in [-0.4, -0.2) is 187 Å². The van der Waals surface area contributed by atoms with Gasteiger partial charge in [0, 0.05) is 67.8 Å². The maximum Gasteiger partial charge on any atom is 0.322 e. The summed E-state index contributed by atoms with van der Waals surface area (Å²) >= 11 is 0. The standard InChI is InChI=1S/C55H74N16O14/c1-29(2)19-38(49(80)66-37(9-5-17-59-55(56)57)54(85)71-18-6-10-43(71)53(84)62-26-46(76)77)65-45(75)25-61-47(78)39(20-30-11-13-33(73)14-12-30)67-52(83)42(27-72)70-50(81)40(21-31-23-60-35-8-4-3-7-34(31)35)68-51(82)41(22-32-24-58-28-63-32)69-48(79)36-15-16-44(74)64-36/h3-4,7-8,11-14,23-24,28-29,36-43,60,72-73H,5-6,9-10,15-22,25-27H2,1-2H3,(H,58,63)(H,61,78)(H,62,84)(H,64,74)(H,65,75)(H,66,80)(H,67,83)(H,68,82)(H,69,79)(H,70,81)(H,76,77)(H4,56,57,59). The molecule has 0 bridgehead atoms.